The van der Waals surface area contributed by atoms with Gasteiger partial charge in [0.05, 0.1) is 7.11 Å². The first-order valence-corrected chi connectivity index (χ1v) is 6.82. The Labute approximate surface area is 118 Å². The molecule has 0 bridgehead atoms. The predicted molar refractivity (Wildman–Crippen MR) is 71.2 cm³/mol. The van der Waals surface area contributed by atoms with Crippen molar-refractivity contribution in [1.29, 1.82) is 0 Å². The van der Waals surface area contributed by atoms with Crippen molar-refractivity contribution in [3.05, 3.63) is 0 Å². The van der Waals surface area contributed by atoms with E-state index in [1.54, 1.807) is 6.92 Å². The average molecular weight is 286 g/mol. The molecule has 0 aromatic rings. The van der Waals surface area contributed by atoms with Gasteiger partial charge in [0.15, 0.2) is 0 Å². The number of nitrogens with zero attached hydrogens (tertiary/aromatic N) is 1. The minimum Gasteiger partial charge on any atom is -0.480 e. The van der Waals surface area contributed by atoms with Crippen LogP contribution in [0.2, 0.25) is 0 Å². The van der Waals surface area contributed by atoms with Gasteiger partial charge < -0.3 is 20.1 Å². The van der Waals surface area contributed by atoms with Gasteiger partial charge in [-0.05, 0) is 19.8 Å². The first-order chi connectivity index (χ1) is 9.45. The van der Waals surface area contributed by atoms with Crippen LogP contribution in [-0.4, -0.2) is 53.7 Å². The third-order valence-corrected chi connectivity index (χ3v) is 3.68. The fraction of sp³-hybridized carbons (Fsp3) is 0.769. The third kappa shape index (κ3) is 3.85. The van der Waals surface area contributed by atoms with Crippen molar-refractivity contribution in [2.75, 3.05) is 20.2 Å². The van der Waals surface area contributed by atoms with Gasteiger partial charge in [0.1, 0.15) is 12.1 Å². The lowest BCUT2D eigenvalue weighted by Gasteiger charge is -2.35. The van der Waals surface area contributed by atoms with Gasteiger partial charge in [0.2, 0.25) is 0 Å². The molecule has 20 heavy (non-hydrogen) atoms. The van der Waals surface area contributed by atoms with Crippen LogP contribution < -0.4 is 5.32 Å². The van der Waals surface area contributed by atoms with Crippen molar-refractivity contribution in [3.8, 4) is 0 Å². The minimum atomic E-state index is -1.21. The van der Waals surface area contributed by atoms with Crippen molar-refractivity contribution in [2.24, 2.45) is 0 Å². The van der Waals surface area contributed by atoms with E-state index >= 15 is 0 Å². The van der Waals surface area contributed by atoms with Crippen LogP contribution in [0.5, 0.6) is 0 Å². The zero-order valence-electron chi connectivity index (χ0n) is 12.0. The number of amides is 2. The number of hydrogen-bond donors (Lipinski definition) is 2. The highest BCUT2D eigenvalue weighted by Crippen LogP contribution is 2.28. The Morgan fingerprint density at radius 2 is 1.85 bits per heavy atom. The molecule has 0 aliphatic heterocycles. The molecule has 0 unspecified atom stereocenters. The number of hydrogen-bond acceptors (Lipinski definition) is 4. The lowest BCUT2D eigenvalue weighted by molar-refractivity contribution is -0.145. The number of carboxylic acid groups (broad SMARTS) is 1. The number of nitrogens with one attached hydrogen (secondary N) is 1. The molecule has 1 rings (SSSR count). The standard InChI is InChI=1S/C13H22N2O5/c1-3-15(9-10(16)20-2)12(19)14-13(11(17)18)7-5-4-6-8-13/h3-9H2,1-2H3,(H,14,19)(H,17,18). The molecule has 7 heteroatoms. The molecule has 1 fully saturated rings. The summed E-state index contributed by atoms with van der Waals surface area (Å²) in [7, 11) is 1.24. The number of methoxy groups -OCH3 is 1. The second kappa shape index (κ2) is 7.12. The maximum Gasteiger partial charge on any atom is 0.329 e. The van der Waals surface area contributed by atoms with Gasteiger partial charge in [0, 0.05) is 6.54 Å². The zero-order valence-corrected chi connectivity index (χ0v) is 12.0. The summed E-state index contributed by atoms with van der Waals surface area (Å²) < 4.78 is 4.52. The molecular weight excluding hydrogens is 264 g/mol. The van der Waals surface area contributed by atoms with E-state index in [2.05, 4.69) is 10.1 Å². The van der Waals surface area contributed by atoms with Crippen LogP contribution in [-0.2, 0) is 14.3 Å². The summed E-state index contributed by atoms with van der Waals surface area (Å²) in [5.41, 5.74) is -1.21. The molecule has 0 radical (unpaired) electrons. The molecule has 2 N–H and O–H groups in total. The third-order valence-electron chi connectivity index (χ3n) is 3.68. The van der Waals surface area contributed by atoms with E-state index in [0.29, 0.717) is 19.4 Å². The zero-order chi connectivity index (χ0) is 15.2. The maximum atomic E-state index is 12.1. The molecule has 114 valence electrons. The summed E-state index contributed by atoms with van der Waals surface area (Å²) in [6.07, 6.45) is 3.36. The quantitative estimate of drug-likeness (QED) is 0.734. The highest BCUT2D eigenvalue weighted by Gasteiger charge is 2.41. The van der Waals surface area contributed by atoms with E-state index in [1.807, 2.05) is 0 Å². The van der Waals surface area contributed by atoms with Crippen LogP contribution in [0.4, 0.5) is 4.79 Å². The minimum absolute atomic E-state index is 0.186. The molecule has 0 aromatic heterocycles. The highest BCUT2D eigenvalue weighted by molar-refractivity contribution is 5.88. The number of aliphatic carboxylic acids is 1. The molecule has 0 spiro atoms. The summed E-state index contributed by atoms with van der Waals surface area (Å²) in [6.45, 7) is 1.84. The smallest absolute Gasteiger partial charge is 0.329 e. The fourth-order valence-corrected chi connectivity index (χ4v) is 2.38. The Bertz CT molecular complexity index is 377. The number of rotatable bonds is 5. The molecule has 1 aliphatic rings. The van der Waals surface area contributed by atoms with Gasteiger partial charge in [-0.25, -0.2) is 9.59 Å². The molecule has 0 heterocycles. The van der Waals surface area contributed by atoms with Crippen molar-refractivity contribution in [3.63, 3.8) is 0 Å². The number of esters is 1. The lowest BCUT2D eigenvalue weighted by Crippen LogP contribution is -2.59. The Kier molecular flexibility index (Phi) is 5.79. The summed E-state index contributed by atoms with van der Waals surface area (Å²) in [5.74, 6) is -1.55. The first kappa shape index (κ1) is 16.3. The van der Waals surface area contributed by atoms with Crippen molar-refractivity contribution < 1.29 is 24.2 Å². The van der Waals surface area contributed by atoms with Gasteiger partial charge >= 0.3 is 18.0 Å². The van der Waals surface area contributed by atoms with Crippen molar-refractivity contribution >= 4 is 18.0 Å². The van der Waals surface area contributed by atoms with Gasteiger partial charge in [-0.2, -0.15) is 0 Å². The Hall–Kier alpha value is -1.79. The Morgan fingerprint density at radius 1 is 1.25 bits per heavy atom. The topological polar surface area (TPSA) is 95.9 Å². The normalized spacial score (nSPS) is 17.1. The highest BCUT2D eigenvalue weighted by atomic mass is 16.5. The van der Waals surface area contributed by atoms with E-state index < -0.39 is 23.5 Å². The van der Waals surface area contributed by atoms with Crippen molar-refractivity contribution in [1.82, 2.24) is 10.2 Å². The van der Waals surface area contributed by atoms with E-state index in [9.17, 15) is 19.5 Å². The molecule has 0 aromatic carbocycles. The maximum absolute atomic E-state index is 12.1. The average Bonchev–Trinajstić information content (AvgIpc) is 2.45. The van der Waals surface area contributed by atoms with Gasteiger partial charge in [-0.1, -0.05) is 19.3 Å². The molecule has 0 saturated heterocycles. The summed E-state index contributed by atoms with van der Waals surface area (Å²) in [5, 5.41) is 12.0. The lowest BCUT2D eigenvalue weighted by atomic mass is 9.82. The van der Waals surface area contributed by atoms with Crippen LogP contribution in [0.1, 0.15) is 39.0 Å². The van der Waals surface area contributed by atoms with Crippen LogP contribution in [0.3, 0.4) is 0 Å². The summed E-state index contributed by atoms with van der Waals surface area (Å²) in [4.78, 5) is 36.1. The van der Waals surface area contributed by atoms with Crippen LogP contribution in [0.25, 0.3) is 0 Å². The van der Waals surface area contributed by atoms with Crippen LogP contribution in [0.15, 0.2) is 0 Å². The number of likely N-dealkylation sites (N-methyl/N-ethyl adjacent to an activating group) is 1. The fourth-order valence-electron chi connectivity index (χ4n) is 2.38. The van der Waals surface area contributed by atoms with Gasteiger partial charge in [-0.3, -0.25) is 4.79 Å². The Morgan fingerprint density at radius 3 is 2.30 bits per heavy atom. The van der Waals surface area contributed by atoms with E-state index in [4.69, 9.17) is 0 Å². The molecule has 2 amide bonds. The monoisotopic (exact) mass is 286 g/mol. The van der Waals surface area contributed by atoms with Crippen LogP contribution in [0, 0.1) is 0 Å². The molecule has 7 nitrogen and oxygen atoms in total. The SMILES string of the molecule is CCN(CC(=O)OC)C(=O)NC1(C(=O)O)CCCCC1. The number of urea groups is 1. The number of carbonyl (C=O) groups excluding carboxylic acids is 2. The molecule has 0 atom stereocenters. The number of carboxylic acids is 1. The Balaban J connectivity index is 2.74. The van der Waals surface area contributed by atoms with E-state index in [-0.39, 0.29) is 6.54 Å². The second-order valence-corrected chi connectivity index (χ2v) is 4.97. The summed E-state index contributed by atoms with van der Waals surface area (Å²) >= 11 is 0. The molecule has 1 aliphatic carbocycles. The van der Waals surface area contributed by atoms with E-state index in [1.165, 1.54) is 12.0 Å². The molecule has 1 saturated carbocycles. The van der Waals surface area contributed by atoms with E-state index in [0.717, 1.165) is 19.3 Å². The number of ether oxygens (including phenoxy) is 1. The summed E-state index contributed by atoms with van der Waals surface area (Å²) in [6, 6.07) is -0.540. The molecular formula is C13H22N2O5. The predicted octanol–water partition coefficient (Wildman–Crippen LogP) is 0.978. The second-order valence-electron chi connectivity index (χ2n) is 4.97. The first-order valence-electron chi connectivity index (χ1n) is 6.82. The van der Waals surface area contributed by atoms with Crippen LogP contribution >= 0.6 is 0 Å². The number of carbonyl (C=O) groups is 3. The van der Waals surface area contributed by atoms with Gasteiger partial charge in [0.25, 0.3) is 0 Å². The largest absolute Gasteiger partial charge is 0.480 e. The van der Waals surface area contributed by atoms with Gasteiger partial charge in [-0.15, -0.1) is 0 Å². The van der Waals surface area contributed by atoms with Crippen molar-refractivity contribution in [2.45, 2.75) is 44.6 Å².